The third-order valence-corrected chi connectivity index (χ3v) is 12.9. The van der Waals surface area contributed by atoms with E-state index in [1.54, 1.807) is 0 Å². The van der Waals surface area contributed by atoms with Gasteiger partial charge in [-0.05, 0) is 54.9 Å². The van der Waals surface area contributed by atoms with Crippen molar-refractivity contribution in [2.45, 2.75) is 110 Å². The Morgan fingerprint density at radius 2 is 1.46 bits per heavy atom. The summed E-state index contributed by atoms with van der Waals surface area (Å²) in [6.07, 6.45) is 5.32. The Hall–Kier alpha value is 0.137. The van der Waals surface area contributed by atoms with Crippen molar-refractivity contribution in [3.05, 3.63) is 0 Å². The summed E-state index contributed by atoms with van der Waals surface area (Å²) in [7, 11) is -1.69. The van der Waals surface area contributed by atoms with Gasteiger partial charge in [0.05, 0.1) is 0 Å². The van der Waals surface area contributed by atoms with E-state index < -0.39 is 8.32 Å². The average Bonchev–Trinajstić information content (AvgIpc) is 3.17. The molecule has 2 nitrogen and oxygen atoms in total. The van der Waals surface area contributed by atoms with Crippen molar-refractivity contribution in [1.82, 2.24) is 4.90 Å². The second-order valence-electron chi connectivity index (χ2n) is 8.88. The highest BCUT2D eigenvalue weighted by atomic mass is 28.4. The van der Waals surface area contributed by atoms with Gasteiger partial charge in [-0.1, -0.05) is 68.7 Å². The molecular formula is C21H45NOSi. The van der Waals surface area contributed by atoms with Crippen LogP contribution in [-0.4, -0.2) is 38.5 Å². The van der Waals surface area contributed by atoms with E-state index in [1.165, 1.54) is 38.8 Å². The van der Waals surface area contributed by atoms with E-state index in [-0.39, 0.29) is 0 Å². The van der Waals surface area contributed by atoms with E-state index in [1.807, 2.05) is 0 Å². The van der Waals surface area contributed by atoms with E-state index in [4.69, 9.17) is 4.43 Å². The minimum Gasteiger partial charge on any atom is -0.416 e. The summed E-state index contributed by atoms with van der Waals surface area (Å²) >= 11 is 0. The smallest absolute Gasteiger partial charge is 0.200 e. The largest absolute Gasteiger partial charge is 0.416 e. The highest BCUT2D eigenvalue weighted by molar-refractivity contribution is 6.77. The van der Waals surface area contributed by atoms with Crippen LogP contribution in [0.25, 0.3) is 0 Å². The normalized spacial score (nSPS) is 24.6. The highest BCUT2D eigenvalue weighted by Crippen LogP contribution is 2.54. The van der Waals surface area contributed by atoms with Crippen LogP contribution >= 0.6 is 0 Å². The minimum atomic E-state index is -1.69. The Kier molecular flexibility index (Phi) is 8.49. The summed E-state index contributed by atoms with van der Waals surface area (Å²) < 4.78 is 6.80. The van der Waals surface area contributed by atoms with Gasteiger partial charge in [-0.25, -0.2) is 0 Å². The van der Waals surface area contributed by atoms with Crippen LogP contribution in [0.2, 0.25) is 16.6 Å². The summed E-state index contributed by atoms with van der Waals surface area (Å²) in [4.78, 5) is 2.72. The first-order chi connectivity index (χ1) is 11.2. The molecule has 144 valence electrons. The molecule has 24 heavy (non-hydrogen) atoms. The second-order valence-corrected chi connectivity index (χ2v) is 14.3. The van der Waals surface area contributed by atoms with Crippen molar-refractivity contribution in [2.24, 2.45) is 5.92 Å². The zero-order valence-corrected chi connectivity index (χ0v) is 19.1. The summed E-state index contributed by atoms with van der Waals surface area (Å²) in [5, 5.41) is 0. The molecule has 3 heteroatoms. The van der Waals surface area contributed by atoms with Gasteiger partial charge >= 0.3 is 0 Å². The molecule has 1 aliphatic rings. The van der Waals surface area contributed by atoms with E-state index in [0.29, 0.717) is 22.2 Å². The third-order valence-electron chi connectivity index (χ3n) is 6.80. The lowest BCUT2D eigenvalue weighted by molar-refractivity contribution is 0.158. The molecule has 1 saturated carbocycles. The molecule has 0 N–H and O–H groups in total. The van der Waals surface area contributed by atoms with Crippen LogP contribution in [0.15, 0.2) is 0 Å². The molecule has 0 aromatic rings. The van der Waals surface area contributed by atoms with Crippen molar-refractivity contribution < 1.29 is 4.43 Å². The maximum absolute atomic E-state index is 6.80. The van der Waals surface area contributed by atoms with Crippen molar-refractivity contribution in [3.8, 4) is 0 Å². The fraction of sp³-hybridized carbons (Fsp3) is 1.00. The number of hydrogen-bond acceptors (Lipinski definition) is 2. The zero-order valence-electron chi connectivity index (χ0n) is 18.1. The predicted molar refractivity (Wildman–Crippen MR) is 110 cm³/mol. The maximum Gasteiger partial charge on any atom is 0.200 e. The topological polar surface area (TPSA) is 12.5 Å². The van der Waals surface area contributed by atoms with E-state index in [0.717, 1.165) is 12.5 Å². The van der Waals surface area contributed by atoms with E-state index in [9.17, 15) is 0 Å². The zero-order chi connectivity index (χ0) is 18.5. The monoisotopic (exact) mass is 355 g/mol. The molecule has 0 bridgehead atoms. The maximum atomic E-state index is 6.80. The molecule has 1 rings (SSSR count). The van der Waals surface area contributed by atoms with Crippen molar-refractivity contribution in [1.29, 1.82) is 0 Å². The van der Waals surface area contributed by atoms with Gasteiger partial charge in [-0.15, -0.1) is 0 Å². The standard InChI is InChI=1S/C21H45NOSi/c1-10-14-21(22(11-2)12-3)16-20(21)13-15-23-24(17(4)5,18(6)7)19(8)9/h17-20H,10-16H2,1-9H3. The van der Waals surface area contributed by atoms with Crippen molar-refractivity contribution in [2.75, 3.05) is 19.7 Å². The molecular weight excluding hydrogens is 310 g/mol. The van der Waals surface area contributed by atoms with E-state index in [2.05, 4.69) is 67.2 Å². The molecule has 0 amide bonds. The molecule has 0 aliphatic heterocycles. The molecule has 0 heterocycles. The number of rotatable bonds is 12. The predicted octanol–water partition coefficient (Wildman–Crippen LogP) is 6.47. The third kappa shape index (κ3) is 4.27. The molecule has 0 aromatic carbocycles. The van der Waals surface area contributed by atoms with Gasteiger partial charge in [-0.2, -0.15) is 0 Å². The number of nitrogens with zero attached hydrogens (tertiary/aromatic N) is 1. The first-order valence-corrected chi connectivity index (χ1v) is 12.8. The molecule has 0 aromatic heterocycles. The first-order valence-electron chi connectivity index (χ1n) is 10.6. The minimum absolute atomic E-state index is 0.499. The van der Waals surface area contributed by atoms with Gasteiger partial charge in [0, 0.05) is 12.1 Å². The fourth-order valence-electron chi connectivity index (χ4n) is 5.75. The summed E-state index contributed by atoms with van der Waals surface area (Å²) in [5.41, 5.74) is 2.58. The Balaban J connectivity index is 2.69. The highest BCUT2D eigenvalue weighted by Gasteiger charge is 2.55. The van der Waals surface area contributed by atoms with Crippen LogP contribution in [-0.2, 0) is 4.43 Å². The Bertz CT molecular complexity index is 343. The second kappa shape index (κ2) is 9.18. The Morgan fingerprint density at radius 3 is 1.83 bits per heavy atom. The lowest BCUT2D eigenvalue weighted by Crippen LogP contribution is -2.48. The molecule has 0 radical (unpaired) electrons. The van der Waals surface area contributed by atoms with Gasteiger partial charge in [0.15, 0.2) is 8.32 Å². The Labute approximate surface area is 153 Å². The van der Waals surface area contributed by atoms with Gasteiger partial charge in [0.1, 0.15) is 0 Å². The SMILES string of the molecule is CCCC1(N(CC)CC)CC1CCO[Si](C(C)C)(C(C)C)C(C)C. The summed E-state index contributed by atoms with van der Waals surface area (Å²) in [6, 6.07) is 0. The van der Waals surface area contributed by atoms with Crippen molar-refractivity contribution in [3.63, 3.8) is 0 Å². The summed E-state index contributed by atoms with van der Waals surface area (Å²) in [5.74, 6) is 0.857. The average molecular weight is 356 g/mol. The summed E-state index contributed by atoms with van der Waals surface area (Å²) in [6.45, 7) is 24.7. The van der Waals surface area contributed by atoms with Gasteiger partial charge in [-0.3, -0.25) is 4.90 Å². The fourth-order valence-corrected chi connectivity index (χ4v) is 11.2. The van der Waals surface area contributed by atoms with Crippen LogP contribution in [0.1, 0.15) is 88.0 Å². The van der Waals surface area contributed by atoms with Crippen LogP contribution < -0.4 is 0 Å². The molecule has 2 atom stereocenters. The van der Waals surface area contributed by atoms with Crippen LogP contribution in [0.4, 0.5) is 0 Å². The van der Waals surface area contributed by atoms with Crippen LogP contribution in [0, 0.1) is 5.92 Å². The molecule has 1 fully saturated rings. The van der Waals surface area contributed by atoms with E-state index >= 15 is 0 Å². The first kappa shape index (κ1) is 22.2. The van der Waals surface area contributed by atoms with Gasteiger partial charge in [0.25, 0.3) is 0 Å². The molecule has 2 unspecified atom stereocenters. The lowest BCUT2D eigenvalue weighted by Gasteiger charge is -2.42. The van der Waals surface area contributed by atoms with Crippen LogP contribution in [0.5, 0.6) is 0 Å². The number of hydrogen-bond donors (Lipinski definition) is 0. The quantitative estimate of drug-likeness (QED) is 0.372. The van der Waals surface area contributed by atoms with Gasteiger partial charge < -0.3 is 4.43 Å². The lowest BCUT2D eigenvalue weighted by atomic mass is 10.0. The molecule has 1 aliphatic carbocycles. The van der Waals surface area contributed by atoms with Gasteiger partial charge in [0.2, 0.25) is 0 Å². The van der Waals surface area contributed by atoms with Crippen LogP contribution in [0.3, 0.4) is 0 Å². The Morgan fingerprint density at radius 1 is 0.958 bits per heavy atom. The molecule has 0 spiro atoms. The van der Waals surface area contributed by atoms with Crippen molar-refractivity contribution >= 4 is 8.32 Å². The molecule has 0 saturated heterocycles.